The normalized spacial score (nSPS) is 26.1. The van der Waals surface area contributed by atoms with Crippen LogP contribution < -0.4 is 0 Å². The van der Waals surface area contributed by atoms with Crippen LogP contribution in [0.25, 0.3) is 0 Å². The van der Waals surface area contributed by atoms with Crippen molar-refractivity contribution in [3.8, 4) is 0 Å². The van der Waals surface area contributed by atoms with Crippen molar-refractivity contribution < 1.29 is 19.1 Å². The first kappa shape index (κ1) is 14.8. The van der Waals surface area contributed by atoms with E-state index in [2.05, 4.69) is 4.99 Å². The Kier molecular flexibility index (Phi) is 4.57. The molecule has 0 aromatic heterocycles. The first-order valence-corrected chi connectivity index (χ1v) is 7.10. The summed E-state index contributed by atoms with van der Waals surface area (Å²) in [6.07, 6.45) is 4.83. The predicted octanol–water partition coefficient (Wildman–Crippen LogP) is 2.11. The van der Waals surface area contributed by atoms with E-state index in [9.17, 15) is 9.59 Å². The van der Waals surface area contributed by atoms with Crippen molar-refractivity contribution in [3.05, 3.63) is 11.3 Å². The Bertz CT molecular complexity index is 462. The van der Waals surface area contributed by atoms with E-state index < -0.39 is 5.92 Å². The molecule has 2 atom stereocenters. The Balaban J connectivity index is 2.33. The van der Waals surface area contributed by atoms with E-state index in [-0.39, 0.29) is 17.9 Å². The number of rotatable bonds is 4. The zero-order chi connectivity index (χ0) is 14.7. The van der Waals surface area contributed by atoms with Crippen molar-refractivity contribution in [1.82, 2.24) is 0 Å². The van der Waals surface area contributed by atoms with Gasteiger partial charge in [0.25, 0.3) is 0 Å². The van der Waals surface area contributed by atoms with Crippen LogP contribution in [0, 0.1) is 17.8 Å². The summed E-state index contributed by atoms with van der Waals surface area (Å²) in [5, 5.41) is 0. The summed E-state index contributed by atoms with van der Waals surface area (Å²) in [6, 6.07) is 0. The van der Waals surface area contributed by atoms with Crippen molar-refractivity contribution in [2.45, 2.75) is 33.1 Å². The molecule has 0 aromatic carbocycles. The molecule has 0 spiro atoms. The second kappa shape index (κ2) is 6.20. The molecule has 1 fully saturated rings. The maximum atomic E-state index is 12.1. The summed E-state index contributed by atoms with van der Waals surface area (Å²) in [5.74, 6) is -0.987. The third kappa shape index (κ3) is 2.62. The van der Waals surface area contributed by atoms with Gasteiger partial charge in [-0.3, -0.25) is 9.79 Å². The standard InChI is InChI=1S/C15H21NO4/c1-4-20-14(17)11-8-16-9(2)12(15(18)19-3)13(11)10-6-5-7-10/h8,10-11,13H,4-7H2,1-3H3/t11?,13-/m1/s1. The molecule has 1 saturated carbocycles. The molecule has 110 valence electrons. The third-order valence-corrected chi connectivity index (χ3v) is 4.16. The van der Waals surface area contributed by atoms with Crippen molar-refractivity contribution >= 4 is 18.2 Å². The van der Waals surface area contributed by atoms with Gasteiger partial charge in [-0.15, -0.1) is 0 Å². The summed E-state index contributed by atoms with van der Waals surface area (Å²) >= 11 is 0. The first-order chi connectivity index (χ1) is 9.60. The molecule has 1 heterocycles. The topological polar surface area (TPSA) is 65.0 Å². The number of methoxy groups -OCH3 is 1. The van der Waals surface area contributed by atoms with Gasteiger partial charge in [-0.05, 0) is 32.6 Å². The van der Waals surface area contributed by atoms with Crippen LogP contribution >= 0.6 is 0 Å². The number of esters is 2. The number of aliphatic imine (C=N–C) groups is 1. The Labute approximate surface area is 119 Å². The fraction of sp³-hybridized carbons (Fsp3) is 0.667. The van der Waals surface area contributed by atoms with Crippen molar-refractivity contribution in [1.29, 1.82) is 0 Å². The van der Waals surface area contributed by atoms with E-state index in [1.54, 1.807) is 20.1 Å². The second-order valence-corrected chi connectivity index (χ2v) is 5.26. The van der Waals surface area contributed by atoms with Crippen molar-refractivity contribution in [2.24, 2.45) is 22.7 Å². The highest BCUT2D eigenvalue weighted by Crippen LogP contribution is 2.44. The molecule has 5 heteroatoms. The molecule has 0 bridgehead atoms. The molecule has 20 heavy (non-hydrogen) atoms. The van der Waals surface area contributed by atoms with Gasteiger partial charge in [0, 0.05) is 17.8 Å². The van der Waals surface area contributed by atoms with Crippen LogP contribution in [0.15, 0.2) is 16.3 Å². The van der Waals surface area contributed by atoms with Gasteiger partial charge in [0.1, 0.15) is 0 Å². The molecule has 0 radical (unpaired) electrons. The molecule has 2 rings (SSSR count). The lowest BCUT2D eigenvalue weighted by atomic mass is 9.66. The molecular formula is C15H21NO4. The molecule has 1 aliphatic carbocycles. The van der Waals surface area contributed by atoms with Crippen LogP contribution in [0.4, 0.5) is 0 Å². The zero-order valence-electron chi connectivity index (χ0n) is 12.2. The molecule has 0 N–H and O–H groups in total. The average molecular weight is 279 g/mol. The van der Waals surface area contributed by atoms with Crippen LogP contribution in [0.5, 0.6) is 0 Å². The van der Waals surface area contributed by atoms with Gasteiger partial charge in [-0.1, -0.05) is 6.42 Å². The van der Waals surface area contributed by atoms with E-state index in [0.29, 0.717) is 23.8 Å². The number of hydrogen-bond acceptors (Lipinski definition) is 5. The molecule has 1 aliphatic heterocycles. The minimum atomic E-state index is -0.474. The Hall–Kier alpha value is -1.65. The number of carbonyl (C=O) groups excluding carboxylic acids is 2. The highest BCUT2D eigenvalue weighted by atomic mass is 16.5. The lowest BCUT2D eigenvalue weighted by Crippen LogP contribution is -2.40. The third-order valence-electron chi connectivity index (χ3n) is 4.16. The molecular weight excluding hydrogens is 258 g/mol. The number of allylic oxidation sites excluding steroid dienone is 1. The Morgan fingerprint density at radius 3 is 2.60 bits per heavy atom. The summed E-state index contributed by atoms with van der Waals surface area (Å²) in [6.45, 7) is 3.89. The molecule has 0 saturated heterocycles. The highest BCUT2D eigenvalue weighted by Gasteiger charge is 2.44. The van der Waals surface area contributed by atoms with Crippen LogP contribution in [-0.4, -0.2) is 31.9 Å². The fourth-order valence-electron chi connectivity index (χ4n) is 2.94. The number of carbonyl (C=O) groups is 2. The molecule has 0 aromatic rings. The van der Waals surface area contributed by atoms with Gasteiger partial charge in [-0.25, -0.2) is 4.79 Å². The van der Waals surface area contributed by atoms with E-state index >= 15 is 0 Å². The Morgan fingerprint density at radius 2 is 2.10 bits per heavy atom. The van der Waals surface area contributed by atoms with E-state index in [1.807, 2.05) is 0 Å². The summed E-state index contributed by atoms with van der Waals surface area (Å²) in [7, 11) is 1.36. The second-order valence-electron chi connectivity index (χ2n) is 5.26. The van der Waals surface area contributed by atoms with Gasteiger partial charge in [0.05, 0.1) is 25.2 Å². The number of ether oxygens (including phenoxy) is 2. The smallest absolute Gasteiger partial charge is 0.335 e. The minimum Gasteiger partial charge on any atom is -0.466 e. The van der Waals surface area contributed by atoms with E-state index in [4.69, 9.17) is 9.47 Å². The lowest BCUT2D eigenvalue weighted by molar-refractivity contribution is -0.148. The van der Waals surface area contributed by atoms with Crippen LogP contribution in [-0.2, 0) is 19.1 Å². The SMILES string of the molecule is CCOC(=O)C1C=NC(C)=C(C(=O)OC)[C@@H]1C1CCC1. The van der Waals surface area contributed by atoms with Crippen molar-refractivity contribution in [3.63, 3.8) is 0 Å². The summed E-state index contributed by atoms with van der Waals surface area (Å²) in [5.41, 5.74) is 1.19. The summed E-state index contributed by atoms with van der Waals surface area (Å²) < 4.78 is 10.00. The highest BCUT2D eigenvalue weighted by molar-refractivity contribution is 5.98. The quantitative estimate of drug-likeness (QED) is 0.739. The van der Waals surface area contributed by atoms with Gasteiger partial charge < -0.3 is 9.47 Å². The van der Waals surface area contributed by atoms with Crippen LogP contribution in [0.1, 0.15) is 33.1 Å². The van der Waals surface area contributed by atoms with Gasteiger partial charge in [0.2, 0.25) is 0 Å². The summed E-state index contributed by atoms with van der Waals surface area (Å²) in [4.78, 5) is 28.4. The largest absolute Gasteiger partial charge is 0.466 e. The monoisotopic (exact) mass is 279 g/mol. The molecule has 0 amide bonds. The van der Waals surface area contributed by atoms with E-state index in [1.165, 1.54) is 7.11 Å². The maximum absolute atomic E-state index is 12.1. The fourth-order valence-corrected chi connectivity index (χ4v) is 2.94. The van der Waals surface area contributed by atoms with Gasteiger partial charge >= 0.3 is 11.9 Å². The van der Waals surface area contributed by atoms with Crippen LogP contribution in [0.3, 0.4) is 0 Å². The first-order valence-electron chi connectivity index (χ1n) is 7.10. The zero-order valence-corrected chi connectivity index (χ0v) is 12.2. The number of nitrogens with zero attached hydrogens (tertiary/aromatic N) is 1. The van der Waals surface area contributed by atoms with Gasteiger partial charge in [0.15, 0.2) is 0 Å². The molecule has 5 nitrogen and oxygen atoms in total. The van der Waals surface area contributed by atoms with Crippen LogP contribution in [0.2, 0.25) is 0 Å². The minimum absolute atomic E-state index is 0.159. The van der Waals surface area contributed by atoms with Gasteiger partial charge in [-0.2, -0.15) is 0 Å². The van der Waals surface area contributed by atoms with Crippen molar-refractivity contribution in [2.75, 3.05) is 13.7 Å². The van der Waals surface area contributed by atoms with E-state index in [0.717, 1.165) is 19.3 Å². The Morgan fingerprint density at radius 1 is 1.40 bits per heavy atom. The lowest BCUT2D eigenvalue weighted by Gasteiger charge is -2.38. The maximum Gasteiger partial charge on any atom is 0.335 e. The predicted molar refractivity (Wildman–Crippen MR) is 74.2 cm³/mol. The molecule has 2 aliphatic rings. The average Bonchev–Trinajstić information content (AvgIpc) is 2.36. The molecule has 1 unspecified atom stereocenters. The number of hydrogen-bond donors (Lipinski definition) is 0.